The summed E-state index contributed by atoms with van der Waals surface area (Å²) in [6.45, 7) is 1.61. The Labute approximate surface area is 212 Å². The highest BCUT2D eigenvalue weighted by molar-refractivity contribution is 14.1. The van der Waals surface area contributed by atoms with E-state index in [4.69, 9.17) is 14.2 Å². The van der Waals surface area contributed by atoms with Crippen molar-refractivity contribution in [1.29, 1.82) is 0 Å². The molecule has 2 rings (SSSR count). The van der Waals surface area contributed by atoms with Crippen LogP contribution in [0, 0.1) is 3.57 Å². The summed E-state index contributed by atoms with van der Waals surface area (Å²) < 4.78 is 54.4. The normalized spacial score (nSPS) is 11.1. The van der Waals surface area contributed by atoms with Gasteiger partial charge in [0, 0.05) is 5.69 Å². The van der Waals surface area contributed by atoms with Crippen LogP contribution in [0.2, 0.25) is 0 Å². The van der Waals surface area contributed by atoms with Gasteiger partial charge >= 0.3 is 12.1 Å². The van der Waals surface area contributed by atoms with E-state index in [9.17, 15) is 27.6 Å². The Morgan fingerprint density at radius 1 is 1.14 bits per heavy atom. The lowest BCUT2D eigenvalue weighted by Crippen LogP contribution is -2.24. The second kappa shape index (κ2) is 12.9. The molecular formula is C22H21F3IN3O6. The van der Waals surface area contributed by atoms with Crippen molar-refractivity contribution in [2.45, 2.75) is 19.5 Å². The number of nitrogens with zero attached hydrogens (tertiary/aromatic N) is 1. The van der Waals surface area contributed by atoms with E-state index in [-0.39, 0.29) is 18.9 Å². The molecule has 0 unspecified atom stereocenters. The molecule has 0 aromatic heterocycles. The summed E-state index contributed by atoms with van der Waals surface area (Å²) in [5, 5.41) is 6.00. The molecule has 0 saturated heterocycles. The summed E-state index contributed by atoms with van der Waals surface area (Å²) in [5.74, 6) is -1.48. The number of ether oxygens (including phenoxy) is 3. The van der Waals surface area contributed by atoms with Crippen molar-refractivity contribution >= 4 is 52.3 Å². The summed E-state index contributed by atoms with van der Waals surface area (Å²) in [6, 6.07) is 7.26. The number of methoxy groups -OCH3 is 1. The first-order valence-corrected chi connectivity index (χ1v) is 11.1. The van der Waals surface area contributed by atoms with Gasteiger partial charge in [-0.2, -0.15) is 18.3 Å². The maximum atomic E-state index is 12.8. The number of carbonyl (C=O) groups excluding carboxylic acids is 3. The molecule has 0 atom stereocenters. The number of esters is 1. The quantitative estimate of drug-likeness (QED) is 0.140. The Morgan fingerprint density at radius 3 is 2.54 bits per heavy atom. The maximum absolute atomic E-state index is 12.8. The largest absolute Gasteiger partial charge is 0.493 e. The molecule has 0 aliphatic carbocycles. The van der Waals surface area contributed by atoms with E-state index in [0.29, 0.717) is 20.6 Å². The number of anilines is 1. The van der Waals surface area contributed by atoms with Gasteiger partial charge in [-0.25, -0.2) is 10.2 Å². The van der Waals surface area contributed by atoms with Crippen LogP contribution in [0.5, 0.6) is 11.5 Å². The molecule has 13 heteroatoms. The Balaban J connectivity index is 1.94. The van der Waals surface area contributed by atoms with Crippen LogP contribution in [0.15, 0.2) is 41.5 Å². The Morgan fingerprint density at radius 2 is 1.89 bits per heavy atom. The van der Waals surface area contributed by atoms with E-state index in [0.717, 1.165) is 18.2 Å². The molecule has 2 amide bonds. The third-order valence-electron chi connectivity index (χ3n) is 4.09. The van der Waals surface area contributed by atoms with Gasteiger partial charge in [-0.05, 0) is 65.4 Å². The van der Waals surface area contributed by atoms with Crippen molar-refractivity contribution in [1.82, 2.24) is 5.43 Å². The van der Waals surface area contributed by atoms with Crippen molar-refractivity contribution in [3.63, 3.8) is 0 Å². The summed E-state index contributed by atoms with van der Waals surface area (Å²) in [5.41, 5.74) is 1.67. The molecular weight excluding hydrogens is 586 g/mol. The lowest BCUT2D eigenvalue weighted by molar-refractivity contribution is -0.145. The number of hydrazone groups is 1. The molecule has 0 saturated carbocycles. The lowest BCUT2D eigenvalue weighted by atomic mass is 10.2. The highest BCUT2D eigenvalue weighted by atomic mass is 127. The SMILES string of the molecule is CCOC(=O)COc1c(I)cc(C=NNC(=O)CC(=O)Nc2cccc(C(F)(F)F)c2)cc1OC. The van der Waals surface area contributed by atoms with Crippen LogP contribution in [0.3, 0.4) is 0 Å². The molecule has 35 heavy (non-hydrogen) atoms. The highest BCUT2D eigenvalue weighted by Crippen LogP contribution is 2.33. The number of carbonyl (C=O) groups is 3. The molecule has 0 heterocycles. The first-order chi connectivity index (χ1) is 16.5. The van der Waals surface area contributed by atoms with Crippen LogP contribution in [0.1, 0.15) is 24.5 Å². The molecule has 188 valence electrons. The molecule has 0 fully saturated rings. The van der Waals surface area contributed by atoms with E-state index in [1.165, 1.54) is 19.4 Å². The fraction of sp³-hybridized carbons (Fsp3) is 0.273. The van der Waals surface area contributed by atoms with E-state index >= 15 is 0 Å². The first kappa shape index (κ1) is 27.9. The highest BCUT2D eigenvalue weighted by Gasteiger charge is 2.30. The maximum Gasteiger partial charge on any atom is 0.416 e. The standard InChI is InChI=1S/C22H21F3IN3O6/c1-3-34-20(32)12-35-21-16(26)7-13(8-17(21)33-2)11-27-29-19(31)10-18(30)28-15-6-4-5-14(9-15)22(23,24)25/h4-9,11H,3,10,12H2,1-2H3,(H,28,30)(H,29,31). The van der Waals surface area contributed by atoms with Gasteiger partial charge in [-0.15, -0.1) is 0 Å². The van der Waals surface area contributed by atoms with Crippen LogP contribution < -0.4 is 20.2 Å². The number of rotatable bonds is 10. The average Bonchev–Trinajstić information content (AvgIpc) is 2.77. The van der Waals surface area contributed by atoms with E-state index < -0.39 is 35.9 Å². The predicted molar refractivity (Wildman–Crippen MR) is 128 cm³/mol. The van der Waals surface area contributed by atoms with Crippen molar-refractivity contribution in [3.05, 3.63) is 51.1 Å². The number of hydrogen-bond acceptors (Lipinski definition) is 7. The van der Waals surface area contributed by atoms with Crippen LogP contribution in [-0.2, 0) is 25.3 Å². The van der Waals surface area contributed by atoms with Gasteiger partial charge in [-0.1, -0.05) is 6.07 Å². The predicted octanol–water partition coefficient (Wildman–Crippen LogP) is 3.74. The molecule has 0 radical (unpaired) electrons. The van der Waals surface area contributed by atoms with Crippen LogP contribution in [0.4, 0.5) is 18.9 Å². The Hall–Kier alpha value is -3.36. The van der Waals surface area contributed by atoms with Gasteiger partial charge in [-0.3, -0.25) is 9.59 Å². The number of benzene rings is 2. The van der Waals surface area contributed by atoms with Gasteiger partial charge < -0.3 is 19.5 Å². The second-order valence-corrected chi connectivity index (χ2v) is 7.89. The number of alkyl halides is 3. The van der Waals surface area contributed by atoms with E-state index in [1.807, 2.05) is 22.6 Å². The monoisotopic (exact) mass is 607 g/mol. The summed E-state index contributed by atoms with van der Waals surface area (Å²) >= 11 is 1.97. The minimum Gasteiger partial charge on any atom is -0.493 e. The molecule has 0 aliphatic heterocycles. The number of hydrogen-bond donors (Lipinski definition) is 2. The third-order valence-corrected chi connectivity index (χ3v) is 4.89. The van der Waals surface area contributed by atoms with Crippen molar-refractivity contribution in [2.75, 3.05) is 25.6 Å². The third kappa shape index (κ3) is 9.07. The molecule has 9 nitrogen and oxygen atoms in total. The Bertz CT molecular complexity index is 1110. The van der Waals surface area contributed by atoms with Crippen molar-refractivity contribution < 1.29 is 41.8 Å². The van der Waals surface area contributed by atoms with Crippen molar-refractivity contribution in [3.8, 4) is 11.5 Å². The second-order valence-electron chi connectivity index (χ2n) is 6.72. The number of nitrogens with one attached hydrogen (secondary N) is 2. The molecule has 2 aromatic carbocycles. The fourth-order valence-electron chi connectivity index (χ4n) is 2.63. The van der Waals surface area contributed by atoms with Gasteiger partial charge in [0.25, 0.3) is 0 Å². The van der Waals surface area contributed by atoms with E-state index in [1.54, 1.807) is 19.1 Å². The van der Waals surface area contributed by atoms with E-state index in [2.05, 4.69) is 15.8 Å². The van der Waals surface area contributed by atoms with Crippen LogP contribution >= 0.6 is 22.6 Å². The lowest BCUT2D eigenvalue weighted by Gasteiger charge is -2.13. The number of halogens is 4. The Kier molecular flexibility index (Phi) is 10.3. The molecule has 2 aromatic rings. The average molecular weight is 607 g/mol. The zero-order valence-electron chi connectivity index (χ0n) is 18.6. The molecule has 0 aliphatic rings. The summed E-state index contributed by atoms with van der Waals surface area (Å²) in [4.78, 5) is 35.4. The molecule has 0 spiro atoms. The topological polar surface area (TPSA) is 115 Å². The summed E-state index contributed by atoms with van der Waals surface area (Å²) in [7, 11) is 1.41. The van der Waals surface area contributed by atoms with Crippen LogP contribution in [-0.4, -0.2) is 44.3 Å². The molecule has 0 bridgehead atoms. The van der Waals surface area contributed by atoms with Gasteiger partial charge in [0.05, 0.1) is 29.1 Å². The zero-order chi connectivity index (χ0) is 26.0. The van der Waals surface area contributed by atoms with Crippen molar-refractivity contribution in [2.24, 2.45) is 5.10 Å². The van der Waals surface area contributed by atoms with Gasteiger partial charge in [0.2, 0.25) is 11.8 Å². The minimum atomic E-state index is -4.56. The molecule has 2 N–H and O–H groups in total. The number of amides is 2. The fourth-order valence-corrected chi connectivity index (χ4v) is 3.41. The zero-order valence-corrected chi connectivity index (χ0v) is 20.7. The van der Waals surface area contributed by atoms with Gasteiger partial charge in [0.15, 0.2) is 18.1 Å². The van der Waals surface area contributed by atoms with Gasteiger partial charge in [0.1, 0.15) is 6.42 Å². The first-order valence-electron chi connectivity index (χ1n) is 9.98. The smallest absolute Gasteiger partial charge is 0.416 e. The summed E-state index contributed by atoms with van der Waals surface area (Å²) in [6.07, 6.45) is -3.92. The minimum absolute atomic E-state index is 0.0898. The van der Waals surface area contributed by atoms with Crippen LogP contribution in [0.25, 0.3) is 0 Å².